The van der Waals surface area contributed by atoms with Crippen LogP contribution in [0.2, 0.25) is 0 Å². The number of imidazole rings is 1. The first-order valence-corrected chi connectivity index (χ1v) is 13.1. The van der Waals surface area contributed by atoms with Gasteiger partial charge in [0.25, 0.3) is 0 Å². The zero-order chi connectivity index (χ0) is 28.4. The van der Waals surface area contributed by atoms with Gasteiger partial charge in [-0.2, -0.15) is 0 Å². The number of nitrogens with one attached hydrogen (secondary N) is 2. The van der Waals surface area contributed by atoms with Crippen LogP contribution in [0, 0.1) is 5.41 Å². The van der Waals surface area contributed by atoms with Crippen molar-refractivity contribution in [1.82, 2.24) is 14.9 Å². The smallest absolute Gasteiger partial charge is 0.333 e. The van der Waals surface area contributed by atoms with Gasteiger partial charge in [-0.15, -0.1) is 0 Å². The lowest BCUT2D eigenvalue weighted by Crippen LogP contribution is -2.47. The second-order valence-corrected chi connectivity index (χ2v) is 10.3. The molecule has 0 aliphatic rings. The van der Waals surface area contributed by atoms with E-state index in [4.69, 9.17) is 9.47 Å². The average Bonchev–Trinajstić information content (AvgIpc) is 3.36. The number of rotatable bonds is 12. The molecule has 1 heterocycles. The van der Waals surface area contributed by atoms with E-state index in [1.54, 1.807) is 69.8 Å². The Morgan fingerprint density at radius 1 is 1.03 bits per heavy atom. The Balaban J connectivity index is 1.76. The molecule has 2 amide bonds. The Bertz CT molecular complexity index is 1230. The number of anilines is 1. The van der Waals surface area contributed by atoms with Crippen LogP contribution in [0.25, 0.3) is 0 Å². The van der Waals surface area contributed by atoms with Gasteiger partial charge in [0.05, 0.1) is 20.0 Å². The van der Waals surface area contributed by atoms with Crippen molar-refractivity contribution in [2.24, 2.45) is 5.41 Å². The van der Waals surface area contributed by atoms with Crippen LogP contribution >= 0.6 is 0 Å². The lowest BCUT2D eigenvalue weighted by molar-refractivity contribution is -0.145. The predicted molar refractivity (Wildman–Crippen MR) is 149 cm³/mol. The van der Waals surface area contributed by atoms with E-state index in [0.717, 1.165) is 6.42 Å². The van der Waals surface area contributed by atoms with Gasteiger partial charge in [0.1, 0.15) is 11.8 Å². The van der Waals surface area contributed by atoms with Gasteiger partial charge in [0, 0.05) is 11.6 Å². The van der Waals surface area contributed by atoms with Crippen molar-refractivity contribution in [3.8, 4) is 5.75 Å². The molecule has 9 nitrogen and oxygen atoms in total. The highest BCUT2D eigenvalue weighted by molar-refractivity contribution is 5.97. The van der Waals surface area contributed by atoms with Crippen LogP contribution in [0.4, 0.5) is 5.82 Å². The number of aromatic nitrogens is 2. The lowest BCUT2D eigenvalue weighted by Gasteiger charge is -2.23. The lowest BCUT2D eigenvalue weighted by atomic mass is 9.94. The minimum atomic E-state index is -0.795. The number of hydrogen-bond acceptors (Lipinski definition) is 6. The number of ether oxygens (including phenoxy) is 2. The molecule has 2 N–H and O–H groups in total. The molecule has 2 atom stereocenters. The van der Waals surface area contributed by atoms with E-state index in [0.29, 0.717) is 24.2 Å². The fraction of sp³-hybridized carbons (Fsp3) is 0.400. The summed E-state index contributed by atoms with van der Waals surface area (Å²) < 4.78 is 12.1. The van der Waals surface area contributed by atoms with Crippen molar-refractivity contribution in [3.63, 3.8) is 0 Å². The summed E-state index contributed by atoms with van der Waals surface area (Å²) in [6.45, 7) is 7.38. The Kier molecular flexibility index (Phi) is 10.3. The minimum Gasteiger partial charge on any atom is -0.497 e. The van der Waals surface area contributed by atoms with Crippen LogP contribution < -0.4 is 15.4 Å². The van der Waals surface area contributed by atoms with Crippen molar-refractivity contribution < 1.29 is 23.9 Å². The van der Waals surface area contributed by atoms with Gasteiger partial charge in [-0.1, -0.05) is 63.2 Å². The fourth-order valence-corrected chi connectivity index (χ4v) is 3.99. The summed E-state index contributed by atoms with van der Waals surface area (Å²) in [4.78, 5) is 43.2. The third-order valence-electron chi connectivity index (χ3n) is 6.20. The number of esters is 1. The quantitative estimate of drug-likeness (QED) is 0.330. The normalized spacial score (nSPS) is 12.7. The molecule has 0 aliphatic carbocycles. The van der Waals surface area contributed by atoms with Gasteiger partial charge in [0.15, 0.2) is 11.9 Å². The van der Waals surface area contributed by atoms with Crippen molar-refractivity contribution in [3.05, 3.63) is 78.2 Å². The molecule has 2 aromatic carbocycles. The summed E-state index contributed by atoms with van der Waals surface area (Å²) in [7, 11) is 1.57. The maximum absolute atomic E-state index is 13.3. The molecule has 9 heteroatoms. The third-order valence-corrected chi connectivity index (χ3v) is 6.20. The van der Waals surface area contributed by atoms with E-state index in [-0.39, 0.29) is 24.2 Å². The first-order valence-electron chi connectivity index (χ1n) is 13.1. The number of carbonyl (C=O) groups is 3. The highest BCUT2D eigenvalue weighted by Gasteiger charge is 2.29. The second-order valence-electron chi connectivity index (χ2n) is 10.3. The number of carbonyl (C=O) groups excluding carboxylic acids is 3. The molecule has 3 aromatic rings. The molecule has 0 saturated heterocycles. The van der Waals surface area contributed by atoms with E-state index >= 15 is 0 Å². The molecule has 0 bridgehead atoms. The maximum atomic E-state index is 13.3. The highest BCUT2D eigenvalue weighted by atomic mass is 16.5. The standard InChI is InChI=1S/C30H38N4O5/c1-6-39-28(36)26(22-15-17-23(38-5)18-16-22)34-19-25(31-20-34)33-27(35)24(32-29(37)30(2,3)4)14-10-13-21-11-8-7-9-12-21/h7-9,11-12,15-20,24,26H,6,10,13-14H2,1-5H3,(H,32,37)(H,33,35)/t24-,26?/m1/s1. The molecule has 1 aromatic heterocycles. The number of methoxy groups -OCH3 is 1. The van der Waals surface area contributed by atoms with E-state index < -0.39 is 23.5 Å². The summed E-state index contributed by atoms with van der Waals surface area (Å²) in [5.74, 6) is -0.108. The summed E-state index contributed by atoms with van der Waals surface area (Å²) in [6.07, 6.45) is 5.01. The molecule has 208 valence electrons. The first kappa shape index (κ1) is 29.4. The SMILES string of the molecule is CCOC(=O)C(c1ccc(OC)cc1)n1cnc(NC(=O)[C@@H](CCCc2ccccc2)NC(=O)C(C)(C)C)c1. The Labute approximate surface area is 229 Å². The van der Waals surface area contributed by atoms with E-state index in [1.807, 2.05) is 30.3 Å². The van der Waals surface area contributed by atoms with Crippen molar-refractivity contribution in [2.45, 2.75) is 59.0 Å². The predicted octanol–water partition coefficient (Wildman–Crippen LogP) is 4.54. The molecule has 1 unspecified atom stereocenters. The highest BCUT2D eigenvalue weighted by Crippen LogP contribution is 2.24. The first-order chi connectivity index (χ1) is 18.6. The van der Waals surface area contributed by atoms with Crippen molar-refractivity contribution >= 4 is 23.6 Å². The molecule has 39 heavy (non-hydrogen) atoms. The van der Waals surface area contributed by atoms with Crippen LogP contribution in [0.15, 0.2) is 67.1 Å². The molecule has 3 rings (SSSR count). The number of hydrogen-bond donors (Lipinski definition) is 2. The van der Waals surface area contributed by atoms with Gasteiger partial charge >= 0.3 is 5.97 Å². The van der Waals surface area contributed by atoms with E-state index in [2.05, 4.69) is 15.6 Å². The number of benzene rings is 2. The topological polar surface area (TPSA) is 112 Å². The van der Waals surface area contributed by atoms with Crippen LogP contribution in [-0.4, -0.2) is 47.1 Å². The Morgan fingerprint density at radius 2 is 1.72 bits per heavy atom. The summed E-state index contributed by atoms with van der Waals surface area (Å²) in [5.41, 5.74) is 1.20. The van der Waals surface area contributed by atoms with Gasteiger partial charge in [-0.3, -0.25) is 9.59 Å². The molecule has 0 spiro atoms. The number of amides is 2. The molecule has 0 aliphatic heterocycles. The number of nitrogens with zero attached hydrogens (tertiary/aromatic N) is 2. The minimum absolute atomic E-state index is 0.213. The summed E-state index contributed by atoms with van der Waals surface area (Å²) >= 11 is 0. The second kappa shape index (κ2) is 13.6. The van der Waals surface area contributed by atoms with E-state index in [9.17, 15) is 14.4 Å². The summed E-state index contributed by atoms with van der Waals surface area (Å²) in [5, 5.41) is 5.70. The van der Waals surface area contributed by atoms with Gasteiger partial charge in [0.2, 0.25) is 11.8 Å². The Hall–Kier alpha value is -4.14. The van der Waals surface area contributed by atoms with Crippen molar-refractivity contribution in [2.75, 3.05) is 19.0 Å². The zero-order valence-corrected chi connectivity index (χ0v) is 23.3. The summed E-state index contributed by atoms with van der Waals surface area (Å²) in [6, 6.07) is 15.6. The molecule has 0 saturated carbocycles. The molecule has 0 fully saturated rings. The maximum Gasteiger partial charge on any atom is 0.333 e. The molecular formula is C30H38N4O5. The van der Waals surface area contributed by atoms with Crippen LogP contribution in [-0.2, 0) is 25.5 Å². The fourth-order valence-electron chi connectivity index (χ4n) is 3.99. The monoisotopic (exact) mass is 534 g/mol. The third kappa shape index (κ3) is 8.43. The van der Waals surface area contributed by atoms with Crippen LogP contribution in [0.3, 0.4) is 0 Å². The average molecular weight is 535 g/mol. The number of aryl methyl sites for hydroxylation is 1. The van der Waals surface area contributed by atoms with Gasteiger partial charge < -0.3 is 24.7 Å². The van der Waals surface area contributed by atoms with Crippen molar-refractivity contribution in [1.29, 1.82) is 0 Å². The zero-order valence-electron chi connectivity index (χ0n) is 23.3. The van der Waals surface area contributed by atoms with Gasteiger partial charge in [-0.05, 0) is 49.4 Å². The Morgan fingerprint density at radius 3 is 2.33 bits per heavy atom. The van der Waals surface area contributed by atoms with E-state index in [1.165, 1.54) is 11.9 Å². The van der Waals surface area contributed by atoms with Crippen LogP contribution in [0.1, 0.15) is 57.7 Å². The van der Waals surface area contributed by atoms with Crippen LogP contribution in [0.5, 0.6) is 5.75 Å². The van der Waals surface area contributed by atoms with Gasteiger partial charge in [-0.25, -0.2) is 9.78 Å². The largest absolute Gasteiger partial charge is 0.497 e. The molecule has 0 radical (unpaired) electrons. The molecular weight excluding hydrogens is 496 g/mol.